The summed E-state index contributed by atoms with van der Waals surface area (Å²) in [6.45, 7) is 0. The zero-order chi connectivity index (χ0) is 19.3. The molecule has 0 amide bonds. The zero-order valence-electron chi connectivity index (χ0n) is 16.0. The Morgan fingerprint density at radius 1 is 0.607 bits per heavy atom. The van der Waals surface area contributed by atoms with Gasteiger partial charge in [0.2, 0.25) is 0 Å². The van der Waals surface area contributed by atoms with E-state index in [0.29, 0.717) is 0 Å². The van der Waals surface area contributed by atoms with Crippen LogP contribution in [-0.2, 0) is 10.4 Å². The van der Waals surface area contributed by atoms with Crippen LogP contribution < -0.4 is 29.6 Å². The van der Waals surface area contributed by atoms with E-state index in [9.17, 15) is 0 Å². The summed E-state index contributed by atoms with van der Waals surface area (Å²) in [5.41, 5.74) is 0. The molecule has 4 aromatic carbocycles. The van der Waals surface area contributed by atoms with Gasteiger partial charge in [-0.25, -0.2) is 0 Å². The van der Waals surface area contributed by atoms with Gasteiger partial charge in [-0.2, -0.15) is 8.42 Å². The zero-order valence-corrected chi connectivity index (χ0v) is 19.5. The van der Waals surface area contributed by atoms with E-state index in [0.717, 1.165) is 0 Å². The molecule has 0 aliphatic carbocycles. The van der Waals surface area contributed by atoms with Crippen LogP contribution in [0.1, 0.15) is 1.43 Å². The van der Waals surface area contributed by atoms with E-state index in [-0.39, 0.29) is 31.0 Å². The number of benzene rings is 4. The van der Waals surface area contributed by atoms with Crippen molar-refractivity contribution in [1.82, 2.24) is 0 Å². The van der Waals surface area contributed by atoms with E-state index >= 15 is 0 Å². The van der Waals surface area contributed by atoms with E-state index in [1.165, 1.54) is 31.3 Å². The van der Waals surface area contributed by atoms with Crippen LogP contribution in [-0.4, -0.2) is 17.5 Å². The fourth-order valence-corrected chi connectivity index (χ4v) is 5.04. The van der Waals surface area contributed by atoms with Crippen LogP contribution in [0.5, 0.6) is 0 Å². The molecule has 0 saturated carbocycles. The predicted molar refractivity (Wildman–Crippen MR) is 115 cm³/mol. The molecule has 28 heavy (non-hydrogen) atoms. The monoisotopic (exact) mass is 440 g/mol. The first-order valence-corrected chi connectivity index (χ1v) is 11.5. The molecular formula is C20H17NaO4S3. The van der Waals surface area contributed by atoms with Gasteiger partial charge in [-0.05, 0) is 33.7 Å². The first-order chi connectivity index (χ1) is 12.9. The maximum absolute atomic E-state index is 8.74. The molecule has 0 saturated heterocycles. The SMILES string of the molecule is O=S(=O)(O)O.[H-].[Na+].c1ccc2c(SSc3cccc4ccccc34)cccc2c1. The Morgan fingerprint density at radius 2 is 0.929 bits per heavy atom. The summed E-state index contributed by atoms with van der Waals surface area (Å²) in [5, 5.41) is 5.24. The smallest absolute Gasteiger partial charge is 1.00 e. The molecule has 0 heterocycles. The minimum absolute atomic E-state index is 0. The second kappa shape index (κ2) is 10.7. The van der Waals surface area contributed by atoms with Gasteiger partial charge in [0.15, 0.2) is 0 Å². The summed E-state index contributed by atoms with van der Waals surface area (Å²) in [6, 6.07) is 30.1. The van der Waals surface area contributed by atoms with Crippen LogP contribution in [0.15, 0.2) is 94.7 Å². The van der Waals surface area contributed by atoms with Crippen molar-refractivity contribution in [2.24, 2.45) is 0 Å². The Bertz CT molecular complexity index is 1090. The Hall–Kier alpha value is -1.03. The van der Waals surface area contributed by atoms with Crippen molar-refractivity contribution in [3.05, 3.63) is 84.9 Å². The molecule has 2 N–H and O–H groups in total. The van der Waals surface area contributed by atoms with Crippen LogP contribution in [0.3, 0.4) is 0 Å². The Morgan fingerprint density at radius 3 is 1.32 bits per heavy atom. The normalized spacial score (nSPS) is 10.8. The van der Waals surface area contributed by atoms with Gasteiger partial charge in [-0.15, -0.1) is 0 Å². The van der Waals surface area contributed by atoms with Crippen molar-refractivity contribution in [3.63, 3.8) is 0 Å². The van der Waals surface area contributed by atoms with E-state index in [4.69, 9.17) is 17.5 Å². The molecule has 4 aromatic rings. The molecule has 8 heteroatoms. The van der Waals surface area contributed by atoms with Gasteiger partial charge in [-0.3, -0.25) is 9.11 Å². The van der Waals surface area contributed by atoms with Gasteiger partial charge < -0.3 is 1.43 Å². The molecule has 0 radical (unpaired) electrons. The average Bonchev–Trinajstić information content (AvgIpc) is 2.65. The van der Waals surface area contributed by atoms with E-state index in [1.54, 1.807) is 0 Å². The molecule has 0 bridgehead atoms. The minimum Gasteiger partial charge on any atom is -1.00 e. The molecule has 0 atom stereocenters. The molecule has 0 fully saturated rings. The largest absolute Gasteiger partial charge is 1.00 e. The summed E-state index contributed by atoms with van der Waals surface area (Å²) in [5.74, 6) is 0. The van der Waals surface area contributed by atoms with Gasteiger partial charge in [0, 0.05) is 9.79 Å². The molecule has 0 aromatic heterocycles. The quantitative estimate of drug-likeness (QED) is 0.289. The molecule has 4 rings (SSSR count). The predicted octanol–water partition coefficient (Wildman–Crippen LogP) is 3.26. The Balaban J connectivity index is 0.000000542. The van der Waals surface area contributed by atoms with Crippen molar-refractivity contribution in [3.8, 4) is 0 Å². The van der Waals surface area contributed by atoms with E-state index in [2.05, 4.69) is 84.9 Å². The van der Waals surface area contributed by atoms with Crippen molar-refractivity contribution in [2.45, 2.75) is 9.79 Å². The van der Waals surface area contributed by atoms with Gasteiger partial charge in [-0.1, -0.05) is 94.4 Å². The van der Waals surface area contributed by atoms with Crippen LogP contribution >= 0.6 is 21.6 Å². The van der Waals surface area contributed by atoms with Crippen molar-refractivity contribution >= 4 is 53.5 Å². The van der Waals surface area contributed by atoms with Gasteiger partial charge in [0.05, 0.1) is 0 Å². The molecule has 0 aliphatic heterocycles. The fourth-order valence-electron chi connectivity index (χ4n) is 2.63. The fraction of sp³-hybridized carbons (Fsp3) is 0. The summed E-state index contributed by atoms with van der Waals surface area (Å²) in [4.78, 5) is 2.63. The van der Waals surface area contributed by atoms with Crippen LogP contribution in [0.2, 0.25) is 0 Å². The maximum atomic E-state index is 8.74. The van der Waals surface area contributed by atoms with E-state index < -0.39 is 10.4 Å². The molecular weight excluding hydrogens is 423 g/mol. The minimum atomic E-state index is -4.67. The third-order valence-corrected chi connectivity index (χ3v) is 6.20. The van der Waals surface area contributed by atoms with Crippen LogP contribution in [0.4, 0.5) is 0 Å². The van der Waals surface area contributed by atoms with Crippen LogP contribution in [0, 0.1) is 0 Å². The summed E-state index contributed by atoms with van der Waals surface area (Å²) in [6.07, 6.45) is 0. The molecule has 0 unspecified atom stereocenters. The summed E-state index contributed by atoms with van der Waals surface area (Å²) in [7, 11) is -0.998. The molecule has 0 aliphatic rings. The van der Waals surface area contributed by atoms with Gasteiger partial charge in [0.1, 0.15) is 0 Å². The Kier molecular flexibility index (Phi) is 8.85. The second-order valence-corrected chi connectivity index (χ2v) is 8.68. The first kappa shape index (κ1) is 23.3. The third-order valence-electron chi connectivity index (χ3n) is 3.72. The number of fused-ring (bicyclic) bond motifs is 2. The van der Waals surface area contributed by atoms with E-state index in [1.807, 2.05) is 21.6 Å². The summed E-state index contributed by atoms with van der Waals surface area (Å²) >= 11 is 0. The topological polar surface area (TPSA) is 74.6 Å². The third kappa shape index (κ3) is 6.79. The molecule has 140 valence electrons. The number of hydrogen-bond donors (Lipinski definition) is 2. The first-order valence-electron chi connectivity index (χ1n) is 7.92. The number of rotatable bonds is 3. The Labute approximate surface area is 195 Å². The van der Waals surface area contributed by atoms with Crippen molar-refractivity contribution < 1.29 is 48.5 Å². The standard InChI is InChI=1S/C20H14S2.Na.H2O4S.H/c1-3-11-17-15(7-1)9-5-13-19(17)21-22-20-14-6-10-16-8-2-4-12-18(16)20;;1-5(2,3)4;/h1-14H;;(H2,1,2,3,4);/q;+1;;-1. The van der Waals surface area contributed by atoms with Crippen molar-refractivity contribution in [2.75, 3.05) is 0 Å². The number of hydrogen-bond acceptors (Lipinski definition) is 4. The van der Waals surface area contributed by atoms with Crippen LogP contribution in [0.25, 0.3) is 21.5 Å². The maximum Gasteiger partial charge on any atom is 1.00 e. The average molecular weight is 441 g/mol. The van der Waals surface area contributed by atoms with Crippen molar-refractivity contribution in [1.29, 1.82) is 0 Å². The summed E-state index contributed by atoms with van der Waals surface area (Å²) < 4.78 is 31.6. The second-order valence-electron chi connectivity index (χ2n) is 5.57. The molecule has 4 nitrogen and oxygen atoms in total. The van der Waals surface area contributed by atoms with Gasteiger partial charge >= 0.3 is 40.0 Å². The molecule has 0 spiro atoms. The van der Waals surface area contributed by atoms with Gasteiger partial charge in [0.25, 0.3) is 0 Å².